The van der Waals surface area contributed by atoms with Gasteiger partial charge in [0, 0.05) is 20.0 Å². The lowest BCUT2D eigenvalue weighted by Gasteiger charge is -2.04. The molecule has 0 atom stereocenters. The minimum absolute atomic E-state index is 0.121. The Balaban J connectivity index is 2.97. The van der Waals surface area contributed by atoms with E-state index in [2.05, 4.69) is 17.6 Å². The van der Waals surface area contributed by atoms with Crippen LogP contribution in [0.4, 0.5) is 0 Å². The number of carbonyl (C=O) groups excluding carboxylic acids is 1. The van der Waals surface area contributed by atoms with E-state index in [1.54, 1.807) is 7.05 Å². The predicted molar refractivity (Wildman–Crippen MR) is 83.4 cm³/mol. The number of rotatable bonds is 14. The van der Waals surface area contributed by atoms with Crippen molar-refractivity contribution in [2.45, 2.75) is 77.6 Å². The third kappa shape index (κ3) is 15.4. The molecule has 0 aliphatic heterocycles. The van der Waals surface area contributed by atoms with Crippen molar-refractivity contribution in [1.82, 2.24) is 10.6 Å². The summed E-state index contributed by atoms with van der Waals surface area (Å²) < 4.78 is 0. The smallest absolute Gasteiger partial charge is 0.221 e. The molecule has 1 amide bonds. The number of carbonyl (C=O) groups is 1. The van der Waals surface area contributed by atoms with Crippen molar-refractivity contribution in [2.24, 2.45) is 0 Å². The van der Waals surface area contributed by atoms with Crippen molar-refractivity contribution in [2.75, 3.05) is 20.1 Å². The molecule has 0 aliphatic carbocycles. The highest BCUT2D eigenvalue weighted by Gasteiger charge is 1.96. The molecule has 0 saturated carbocycles. The van der Waals surface area contributed by atoms with Crippen LogP contribution in [-0.2, 0) is 4.79 Å². The molecule has 0 aromatic rings. The summed E-state index contributed by atoms with van der Waals surface area (Å²) >= 11 is 0. The largest absolute Gasteiger partial charge is 0.359 e. The maximum absolute atomic E-state index is 11.0. The fourth-order valence-electron chi connectivity index (χ4n) is 2.19. The van der Waals surface area contributed by atoms with Crippen LogP contribution in [0.15, 0.2) is 0 Å². The van der Waals surface area contributed by atoms with Gasteiger partial charge in [0.15, 0.2) is 0 Å². The van der Waals surface area contributed by atoms with E-state index in [1.165, 1.54) is 64.2 Å². The maximum Gasteiger partial charge on any atom is 0.221 e. The second-order valence-corrected chi connectivity index (χ2v) is 5.36. The molecular formula is C16H34N2O. The average Bonchev–Trinajstić information content (AvgIpc) is 2.43. The molecule has 0 aromatic carbocycles. The Bertz CT molecular complexity index is 195. The van der Waals surface area contributed by atoms with E-state index in [9.17, 15) is 4.79 Å². The maximum atomic E-state index is 11.0. The van der Waals surface area contributed by atoms with Crippen molar-refractivity contribution in [3.8, 4) is 0 Å². The molecule has 0 saturated heterocycles. The zero-order valence-corrected chi connectivity index (χ0v) is 13.1. The van der Waals surface area contributed by atoms with Crippen molar-refractivity contribution in [3.05, 3.63) is 0 Å². The van der Waals surface area contributed by atoms with Gasteiger partial charge in [0.2, 0.25) is 5.91 Å². The van der Waals surface area contributed by atoms with Gasteiger partial charge in [0.05, 0.1) is 0 Å². The molecular weight excluding hydrogens is 236 g/mol. The molecule has 0 aromatic heterocycles. The summed E-state index contributed by atoms with van der Waals surface area (Å²) in [5.74, 6) is 0.121. The highest BCUT2D eigenvalue weighted by molar-refractivity contribution is 5.75. The van der Waals surface area contributed by atoms with Crippen molar-refractivity contribution in [3.63, 3.8) is 0 Å². The van der Waals surface area contributed by atoms with Gasteiger partial charge >= 0.3 is 0 Å². The SMILES string of the molecule is CCCCCCCCCCCCNCCC(=O)NC. The van der Waals surface area contributed by atoms with Crippen LogP contribution in [0.1, 0.15) is 77.6 Å². The van der Waals surface area contributed by atoms with Crippen LogP contribution in [0, 0.1) is 0 Å². The molecule has 0 unspecified atom stereocenters. The van der Waals surface area contributed by atoms with Gasteiger partial charge in [-0.3, -0.25) is 4.79 Å². The first kappa shape index (κ1) is 18.4. The van der Waals surface area contributed by atoms with Gasteiger partial charge in [-0.1, -0.05) is 64.7 Å². The van der Waals surface area contributed by atoms with Crippen molar-refractivity contribution < 1.29 is 4.79 Å². The summed E-state index contributed by atoms with van der Waals surface area (Å²) in [6, 6.07) is 0. The van der Waals surface area contributed by atoms with Crippen LogP contribution in [0.3, 0.4) is 0 Å². The fourth-order valence-corrected chi connectivity index (χ4v) is 2.19. The lowest BCUT2D eigenvalue weighted by Crippen LogP contribution is -2.25. The van der Waals surface area contributed by atoms with Crippen molar-refractivity contribution in [1.29, 1.82) is 0 Å². The van der Waals surface area contributed by atoms with Gasteiger partial charge in [-0.25, -0.2) is 0 Å². The number of amides is 1. The molecule has 0 heterocycles. The average molecular weight is 270 g/mol. The van der Waals surface area contributed by atoms with Crippen molar-refractivity contribution >= 4 is 5.91 Å². The Morgan fingerprint density at radius 3 is 1.84 bits per heavy atom. The van der Waals surface area contributed by atoms with Crippen LogP contribution in [-0.4, -0.2) is 26.0 Å². The molecule has 0 spiro atoms. The molecule has 0 bridgehead atoms. The first-order valence-electron chi connectivity index (χ1n) is 8.22. The quantitative estimate of drug-likeness (QED) is 0.473. The minimum Gasteiger partial charge on any atom is -0.359 e. The molecule has 2 N–H and O–H groups in total. The van der Waals surface area contributed by atoms with Gasteiger partial charge in [-0.15, -0.1) is 0 Å². The summed E-state index contributed by atoms with van der Waals surface area (Å²) in [4.78, 5) is 11.0. The van der Waals surface area contributed by atoms with E-state index >= 15 is 0 Å². The molecule has 3 heteroatoms. The van der Waals surface area contributed by atoms with E-state index in [0.29, 0.717) is 6.42 Å². The third-order valence-corrected chi connectivity index (χ3v) is 3.51. The molecule has 3 nitrogen and oxygen atoms in total. The minimum atomic E-state index is 0.121. The topological polar surface area (TPSA) is 41.1 Å². The molecule has 0 aliphatic rings. The first-order chi connectivity index (χ1) is 9.31. The van der Waals surface area contributed by atoms with E-state index in [1.807, 2.05) is 0 Å². The summed E-state index contributed by atoms with van der Waals surface area (Å²) in [7, 11) is 1.69. The first-order valence-corrected chi connectivity index (χ1v) is 8.22. The van der Waals surface area contributed by atoms with Gasteiger partial charge in [-0.05, 0) is 13.0 Å². The Labute approximate surface area is 119 Å². The summed E-state index contributed by atoms with van der Waals surface area (Å²) in [6.45, 7) is 4.12. The standard InChI is InChI=1S/C16H34N2O/c1-3-4-5-6-7-8-9-10-11-12-14-18-15-13-16(19)17-2/h18H,3-15H2,1-2H3,(H,17,19). The van der Waals surface area contributed by atoms with E-state index < -0.39 is 0 Å². The zero-order valence-electron chi connectivity index (χ0n) is 13.1. The zero-order chi connectivity index (χ0) is 14.2. The molecule has 0 rings (SSSR count). The highest BCUT2D eigenvalue weighted by atomic mass is 16.1. The molecule has 0 radical (unpaired) electrons. The lowest BCUT2D eigenvalue weighted by molar-refractivity contribution is -0.120. The van der Waals surface area contributed by atoms with Crippen LogP contribution >= 0.6 is 0 Å². The fraction of sp³-hybridized carbons (Fsp3) is 0.938. The van der Waals surface area contributed by atoms with Crippen LogP contribution in [0.25, 0.3) is 0 Å². The van der Waals surface area contributed by atoms with Gasteiger partial charge < -0.3 is 10.6 Å². The Morgan fingerprint density at radius 2 is 1.32 bits per heavy atom. The third-order valence-electron chi connectivity index (χ3n) is 3.51. The summed E-state index contributed by atoms with van der Waals surface area (Å²) in [5.41, 5.74) is 0. The lowest BCUT2D eigenvalue weighted by atomic mass is 10.1. The van der Waals surface area contributed by atoms with E-state index in [4.69, 9.17) is 0 Å². The summed E-state index contributed by atoms with van der Waals surface area (Å²) in [6.07, 6.45) is 14.3. The Hall–Kier alpha value is -0.570. The number of unbranched alkanes of at least 4 members (excludes halogenated alkanes) is 9. The molecule has 0 fully saturated rings. The highest BCUT2D eigenvalue weighted by Crippen LogP contribution is 2.10. The van der Waals surface area contributed by atoms with Gasteiger partial charge in [-0.2, -0.15) is 0 Å². The second-order valence-electron chi connectivity index (χ2n) is 5.36. The van der Waals surface area contributed by atoms with Crippen LogP contribution < -0.4 is 10.6 Å². The van der Waals surface area contributed by atoms with E-state index in [-0.39, 0.29) is 5.91 Å². The monoisotopic (exact) mass is 270 g/mol. The molecule has 19 heavy (non-hydrogen) atoms. The Morgan fingerprint density at radius 1 is 0.789 bits per heavy atom. The normalized spacial score (nSPS) is 10.6. The van der Waals surface area contributed by atoms with Crippen LogP contribution in [0.2, 0.25) is 0 Å². The van der Waals surface area contributed by atoms with Gasteiger partial charge in [0.25, 0.3) is 0 Å². The number of nitrogens with one attached hydrogen (secondary N) is 2. The summed E-state index contributed by atoms with van der Waals surface area (Å²) in [5, 5.41) is 5.94. The number of hydrogen-bond acceptors (Lipinski definition) is 2. The Kier molecular flexibility index (Phi) is 15.0. The second kappa shape index (κ2) is 15.5. The van der Waals surface area contributed by atoms with Crippen LogP contribution in [0.5, 0.6) is 0 Å². The number of hydrogen-bond donors (Lipinski definition) is 2. The predicted octanol–water partition coefficient (Wildman–Crippen LogP) is 3.63. The molecule has 114 valence electrons. The van der Waals surface area contributed by atoms with Gasteiger partial charge in [0.1, 0.15) is 0 Å². The van der Waals surface area contributed by atoms with E-state index in [0.717, 1.165) is 13.1 Å².